The number of benzene rings is 1. The van der Waals surface area contributed by atoms with Crippen molar-refractivity contribution in [2.75, 3.05) is 13.1 Å². The predicted octanol–water partition coefficient (Wildman–Crippen LogP) is 3.40. The van der Waals surface area contributed by atoms with Crippen molar-refractivity contribution in [2.24, 2.45) is 11.3 Å². The normalized spacial score (nSPS) is 23.5. The van der Waals surface area contributed by atoms with Gasteiger partial charge in [0, 0.05) is 13.1 Å². The van der Waals surface area contributed by atoms with Gasteiger partial charge in [0.25, 0.3) is 0 Å². The van der Waals surface area contributed by atoms with Crippen molar-refractivity contribution in [2.45, 2.75) is 38.5 Å². The summed E-state index contributed by atoms with van der Waals surface area (Å²) in [6, 6.07) is 11.0. The fourth-order valence-electron chi connectivity index (χ4n) is 3.68. The van der Waals surface area contributed by atoms with Gasteiger partial charge >= 0.3 is 0 Å². The molecular formula is C16H23N. The molecule has 1 aromatic carbocycles. The highest BCUT2D eigenvalue weighted by Crippen LogP contribution is 2.40. The number of rotatable bonds is 4. The largest absolute Gasteiger partial charge is 0.316 e. The average Bonchev–Trinajstić information content (AvgIpc) is 2.80. The lowest BCUT2D eigenvalue weighted by atomic mass is 9.70. The summed E-state index contributed by atoms with van der Waals surface area (Å²) in [4.78, 5) is 0. The number of hydrogen-bond acceptors (Lipinski definition) is 1. The Kier molecular flexibility index (Phi) is 3.19. The van der Waals surface area contributed by atoms with E-state index in [0.29, 0.717) is 5.41 Å². The molecule has 1 heterocycles. The molecule has 1 saturated carbocycles. The van der Waals surface area contributed by atoms with Gasteiger partial charge in [0.15, 0.2) is 0 Å². The first-order valence-electron chi connectivity index (χ1n) is 7.11. The molecule has 3 rings (SSSR count). The second-order valence-corrected chi connectivity index (χ2v) is 6.12. The molecule has 92 valence electrons. The minimum Gasteiger partial charge on any atom is -0.316 e. The highest BCUT2D eigenvalue weighted by atomic mass is 15.0. The Labute approximate surface area is 105 Å². The molecule has 0 atom stereocenters. The van der Waals surface area contributed by atoms with Gasteiger partial charge in [0.05, 0.1) is 0 Å². The van der Waals surface area contributed by atoms with Gasteiger partial charge in [-0.1, -0.05) is 56.0 Å². The van der Waals surface area contributed by atoms with E-state index in [-0.39, 0.29) is 0 Å². The maximum absolute atomic E-state index is 3.50. The van der Waals surface area contributed by atoms with E-state index in [0.717, 1.165) is 5.92 Å². The van der Waals surface area contributed by atoms with Gasteiger partial charge < -0.3 is 5.32 Å². The van der Waals surface area contributed by atoms with Crippen molar-refractivity contribution in [3.8, 4) is 0 Å². The topological polar surface area (TPSA) is 12.0 Å². The van der Waals surface area contributed by atoms with Crippen LogP contribution in [0, 0.1) is 11.3 Å². The first kappa shape index (κ1) is 11.3. The second kappa shape index (κ2) is 4.81. The first-order chi connectivity index (χ1) is 8.36. The molecule has 1 N–H and O–H groups in total. The SMILES string of the molecule is c1ccc(CC2(CC3CCCC3)CNC2)cc1. The second-order valence-electron chi connectivity index (χ2n) is 6.12. The van der Waals surface area contributed by atoms with E-state index in [1.807, 2.05) is 0 Å². The van der Waals surface area contributed by atoms with E-state index in [2.05, 4.69) is 35.6 Å². The molecule has 0 unspecified atom stereocenters. The van der Waals surface area contributed by atoms with Crippen LogP contribution in [-0.2, 0) is 6.42 Å². The number of nitrogens with one attached hydrogen (secondary N) is 1. The van der Waals surface area contributed by atoms with Crippen LogP contribution >= 0.6 is 0 Å². The molecule has 1 aromatic rings. The molecule has 0 radical (unpaired) electrons. The summed E-state index contributed by atoms with van der Waals surface area (Å²) in [6.07, 6.45) is 8.64. The van der Waals surface area contributed by atoms with Crippen LogP contribution in [-0.4, -0.2) is 13.1 Å². The van der Waals surface area contributed by atoms with E-state index in [4.69, 9.17) is 0 Å². The van der Waals surface area contributed by atoms with Gasteiger partial charge in [-0.3, -0.25) is 0 Å². The summed E-state index contributed by atoms with van der Waals surface area (Å²) >= 11 is 0. The third-order valence-corrected chi connectivity index (χ3v) is 4.62. The smallest absolute Gasteiger partial charge is 0.00235 e. The lowest BCUT2D eigenvalue weighted by Gasteiger charge is -2.45. The van der Waals surface area contributed by atoms with Crippen molar-refractivity contribution in [3.05, 3.63) is 35.9 Å². The summed E-state index contributed by atoms with van der Waals surface area (Å²) in [6.45, 7) is 2.47. The zero-order chi connectivity index (χ0) is 11.6. The molecule has 1 nitrogen and oxygen atoms in total. The maximum Gasteiger partial charge on any atom is 0.00235 e. The van der Waals surface area contributed by atoms with Gasteiger partial charge in [-0.15, -0.1) is 0 Å². The highest BCUT2D eigenvalue weighted by molar-refractivity contribution is 5.18. The van der Waals surface area contributed by atoms with Crippen LogP contribution in [0.1, 0.15) is 37.7 Å². The van der Waals surface area contributed by atoms with Crippen LogP contribution in [0.4, 0.5) is 0 Å². The van der Waals surface area contributed by atoms with Crippen LogP contribution in [0.15, 0.2) is 30.3 Å². The Hall–Kier alpha value is -0.820. The Balaban J connectivity index is 1.65. The molecule has 0 bridgehead atoms. The Bertz CT molecular complexity index is 347. The third-order valence-electron chi connectivity index (χ3n) is 4.62. The summed E-state index contributed by atoms with van der Waals surface area (Å²) in [5.41, 5.74) is 2.10. The summed E-state index contributed by atoms with van der Waals surface area (Å²) in [7, 11) is 0. The molecular weight excluding hydrogens is 206 g/mol. The average molecular weight is 229 g/mol. The van der Waals surface area contributed by atoms with Crippen molar-refractivity contribution in [3.63, 3.8) is 0 Å². The van der Waals surface area contributed by atoms with E-state index < -0.39 is 0 Å². The summed E-state index contributed by atoms with van der Waals surface area (Å²) < 4.78 is 0. The Morgan fingerprint density at radius 1 is 1.06 bits per heavy atom. The van der Waals surface area contributed by atoms with Crippen LogP contribution in [0.25, 0.3) is 0 Å². The first-order valence-corrected chi connectivity index (χ1v) is 7.11. The molecule has 0 spiro atoms. The minimum atomic E-state index is 0.580. The molecule has 1 aliphatic heterocycles. The van der Waals surface area contributed by atoms with E-state index >= 15 is 0 Å². The van der Waals surface area contributed by atoms with Crippen LogP contribution in [0.2, 0.25) is 0 Å². The van der Waals surface area contributed by atoms with Gasteiger partial charge in [-0.25, -0.2) is 0 Å². The zero-order valence-corrected chi connectivity index (χ0v) is 10.6. The van der Waals surface area contributed by atoms with Gasteiger partial charge in [0.1, 0.15) is 0 Å². The Morgan fingerprint density at radius 3 is 2.35 bits per heavy atom. The van der Waals surface area contributed by atoms with Crippen molar-refractivity contribution >= 4 is 0 Å². The van der Waals surface area contributed by atoms with E-state index in [1.54, 1.807) is 0 Å². The zero-order valence-electron chi connectivity index (χ0n) is 10.6. The molecule has 1 heteroatoms. The fourth-order valence-corrected chi connectivity index (χ4v) is 3.68. The quantitative estimate of drug-likeness (QED) is 0.834. The van der Waals surface area contributed by atoms with Crippen molar-refractivity contribution < 1.29 is 0 Å². The molecule has 1 aliphatic carbocycles. The van der Waals surface area contributed by atoms with Crippen molar-refractivity contribution in [1.82, 2.24) is 5.32 Å². The molecule has 0 aromatic heterocycles. The van der Waals surface area contributed by atoms with Gasteiger partial charge in [-0.05, 0) is 29.7 Å². The fraction of sp³-hybridized carbons (Fsp3) is 0.625. The van der Waals surface area contributed by atoms with Crippen LogP contribution in [0.5, 0.6) is 0 Å². The lowest BCUT2D eigenvalue weighted by molar-refractivity contribution is 0.124. The molecule has 2 fully saturated rings. The molecule has 17 heavy (non-hydrogen) atoms. The maximum atomic E-state index is 3.50. The standard InChI is InChI=1S/C16H23N/c1-2-6-14(7-3-1)10-16(12-17-13-16)11-15-8-4-5-9-15/h1-3,6-7,15,17H,4-5,8-13H2. The Morgan fingerprint density at radius 2 is 1.76 bits per heavy atom. The molecule has 0 amide bonds. The molecule has 1 saturated heterocycles. The van der Waals surface area contributed by atoms with Crippen molar-refractivity contribution in [1.29, 1.82) is 0 Å². The van der Waals surface area contributed by atoms with E-state index in [1.165, 1.54) is 57.2 Å². The van der Waals surface area contributed by atoms with Gasteiger partial charge in [0.2, 0.25) is 0 Å². The number of hydrogen-bond donors (Lipinski definition) is 1. The monoisotopic (exact) mass is 229 g/mol. The van der Waals surface area contributed by atoms with Crippen LogP contribution in [0.3, 0.4) is 0 Å². The summed E-state index contributed by atoms with van der Waals surface area (Å²) in [5.74, 6) is 1.01. The van der Waals surface area contributed by atoms with E-state index in [9.17, 15) is 0 Å². The lowest BCUT2D eigenvalue weighted by Crippen LogP contribution is -2.55. The highest BCUT2D eigenvalue weighted by Gasteiger charge is 2.39. The minimum absolute atomic E-state index is 0.580. The summed E-state index contributed by atoms with van der Waals surface area (Å²) in [5, 5.41) is 3.50. The third kappa shape index (κ3) is 2.55. The van der Waals surface area contributed by atoms with Crippen LogP contribution < -0.4 is 5.32 Å². The molecule has 2 aliphatic rings. The van der Waals surface area contributed by atoms with Gasteiger partial charge in [-0.2, -0.15) is 0 Å². The predicted molar refractivity (Wildman–Crippen MR) is 72.0 cm³/mol.